The zero-order valence-corrected chi connectivity index (χ0v) is 14.3. The van der Waals surface area contributed by atoms with Crippen molar-refractivity contribution in [3.05, 3.63) is 48.6 Å². The first-order valence-electron chi connectivity index (χ1n) is 8.59. The number of unbranched alkanes of at least 4 members (excludes halogenated alkanes) is 1. The molecule has 1 aromatic carbocycles. The lowest BCUT2D eigenvalue weighted by Crippen LogP contribution is -2.56. The summed E-state index contributed by atoms with van der Waals surface area (Å²) in [7, 11) is 0. The van der Waals surface area contributed by atoms with E-state index in [0.29, 0.717) is 6.54 Å². The Morgan fingerprint density at radius 3 is 2.92 bits per heavy atom. The average Bonchev–Trinajstić information content (AvgIpc) is 2.59. The Hall–Kier alpha value is -2.14. The van der Waals surface area contributed by atoms with Crippen molar-refractivity contribution < 1.29 is 9.59 Å². The molecule has 0 bridgehead atoms. The zero-order valence-electron chi connectivity index (χ0n) is 14.3. The lowest BCUT2D eigenvalue weighted by Gasteiger charge is -2.33. The molecule has 1 saturated heterocycles. The predicted octanol–water partition coefficient (Wildman–Crippen LogP) is 2.02. The summed E-state index contributed by atoms with van der Waals surface area (Å²) < 4.78 is 0. The van der Waals surface area contributed by atoms with E-state index in [-0.39, 0.29) is 24.3 Å². The number of hydrogen-bond acceptors (Lipinski definition) is 3. The largest absolute Gasteiger partial charge is 0.350 e. The van der Waals surface area contributed by atoms with Crippen LogP contribution in [0.15, 0.2) is 43.0 Å². The summed E-state index contributed by atoms with van der Waals surface area (Å²) in [5.41, 5.74) is 1.06. The molecule has 0 aromatic heterocycles. The third-order valence-electron chi connectivity index (χ3n) is 4.29. The summed E-state index contributed by atoms with van der Waals surface area (Å²) >= 11 is 0. The normalized spacial score (nSPS) is 19.0. The lowest BCUT2D eigenvalue weighted by atomic mass is 10.1. The molecule has 2 amide bonds. The summed E-state index contributed by atoms with van der Waals surface area (Å²) in [6, 6.07) is 9.32. The second-order valence-corrected chi connectivity index (χ2v) is 6.17. The third-order valence-corrected chi connectivity index (χ3v) is 4.29. The molecular formula is C19H27N3O2. The number of nitrogens with one attached hydrogen (secondary N) is 2. The Bertz CT molecular complexity index is 559. The Morgan fingerprint density at radius 2 is 2.21 bits per heavy atom. The van der Waals surface area contributed by atoms with Crippen LogP contribution in [0.2, 0.25) is 0 Å². The second-order valence-electron chi connectivity index (χ2n) is 6.17. The van der Waals surface area contributed by atoms with Gasteiger partial charge >= 0.3 is 0 Å². The van der Waals surface area contributed by atoms with E-state index in [1.165, 1.54) is 0 Å². The molecule has 0 spiro atoms. The zero-order chi connectivity index (χ0) is 17.4. The average molecular weight is 329 g/mol. The fourth-order valence-electron chi connectivity index (χ4n) is 2.91. The van der Waals surface area contributed by atoms with Gasteiger partial charge in [-0.25, -0.2) is 0 Å². The maximum absolute atomic E-state index is 12.5. The number of nitrogens with zero attached hydrogens (tertiary/aromatic N) is 1. The highest BCUT2D eigenvalue weighted by Gasteiger charge is 2.29. The van der Waals surface area contributed by atoms with E-state index >= 15 is 0 Å². The maximum Gasteiger partial charge on any atom is 0.240 e. The Labute approximate surface area is 144 Å². The van der Waals surface area contributed by atoms with Gasteiger partial charge in [-0.05, 0) is 25.3 Å². The van der Waals surface area contributed by atoms with Crippen molar-refractivity contribution >= 4 is 11.8 Å². The van der Waals surface area contributed by atoms with Crippen LogP contribution < -0.4 is 10.6 Å². The summed E-state index contributed by atoms with van der Waals surface area (Å²) in [5.74, 6) is -0.0852. The molecule has 1 heterocycles. The first-order valence-corrected chi connectivity index (χ1v) is 8.59. The van der Waals surface area contributed by atoms with E-state index in [0.717, 1.165) is 31.5 Å². The molecule has 5 heteroatoms. The van der Waals surface area contributed by atoms with Crippen molar-refractivity contribution in [2.24, 2.45) is 0 Å². The monoisotopic (exact) mass is 329 g/mol. The minimum absolute atomic E-state index is 0.0211. The van der Waals surface area contributed by atoms with Gasteiger partial charge in [0.1, 0.15) is 0 Å². The predicted molar refractivity (Wildman–Crippen MR) is 95.4 cm³/mol. The van der Waals surface area contributed by atoms with Gasteiger partial charge in [0.25, 0.3) is 0 Å². The van der Waals surface area contributed by atoms with Gasteiger partial charge in [-0.2, -0.15) is 0 Å². The molecule has 2 atom stereocenters. The van der Waals surface area contributed by atoms with Gasteiger partial charge in [-0.15, -0.1) is 6.58 Å². The molecule has 1 aliphatic rings. The van der Waals surface area contributed by atoms with Crippen LogP contribution in [0, 0.1) is 0 Å². The molecule has 2 rings (SSSR count). The first-order chi connectivity index (χ1) is 11.6. The van der Waals surface area contributed by atoms with Gasteiger partial charge in [0.05, 0.1) is 18.5 Å². The fraction of sp³-hybridized carbons (Fsp3) is 0.474. The SMILES string of the molecule is C=CCCCN1CCNC(CC(=O)NC(C)c2ccccc2)C1=O. The number of rotatable bonds is 8. The van der Waals surface area contributed by atoms with E-state index in [4.69, 9.17) is 0 Å². The van der Waals surface area contributed by atoms with Gasteiger partial charge in [0.2, 0.25) is 11.8 Å². The summed E-state index contributed by atoms with van der Waals surface area (Å²) in [5, 5.41) is 6.13. The van der Waals surface area contributed by atoms with Crippen molar-refractivity contribution in [2.45, 2.75) is 38.3 Å². The molecule has 1 aliphatic heterocycles. The molecule has 0 radical (unpaired) electrons. The minimum atomic E-state index is -0.426. The highest BCUT2D eigenvalue weighted by Crippen LogP contribution is 2.12. The molecule has 2 N–H and O–H groups in total. The van der Waals surface area contributed by atoms with E-state index in [1.54, 1.807) is 0 Å². The number of amides is 2. The van der Waals surface area contributed by atoms with Crippen LogP contribution in [0.25, 0.3) is 0 Å². The van der Waals surface area contributed by atoms with Crippen LogP contribution >= 0.6 is 0 Å². The van der Waals surface area contributed by atoms with Gasteiger partial charge in [0.15, 0.2) is 0 Å². The van der Waals surface area contributed by atoms with E-state index in [2.05, 4.69) is 17.2 Å². The smallest absolute Gasteiger partial charge is 0.240 e. The first kappa shape index (κ1) is 18.2. The summed E-state index contributed by atoms with van der Waals surface area (Å²) in [6.45, 7) is 7.81. The number of allylic oxidation sites excluding steroid dienone is 1. The highest BCUT2D eigenvalue weighted by molar-refractivity contribution is 5.89. The van der Waals surface area contributed by atoms with E-state index < -0.39 is 6.04 Å². The highest BCUT2D eigenvalue weighted by atomic mass is 16.2. The Balaban J connectivity index is 1.84. The van der Waals surface area contributed by atoms with Gasteiger partial charge in [-0.1, -0.05) is 36.4 Å². The number of carbonyl (C=O) groups is 2. The number of piperazine rings is 1. The Morgan fingerprint density at radius 1 is 1.46 bits per heavy atom. The van der Waals surface area contributed by atoms with Gasteiger partial charge in [-0.3, -0.25) is 9.59 Å². The summed E-state index contributed by atoms with van der Waals surface area (Å²) in [6.07, 6.45) is 3.85. The molecule has 1 fully saturated rings. The number of hydrogen-bond donors (Lipinski definition) is 2. The van der Waals surface area contributed by atoms with Crippen molar-refractivity contribution in [3.8, 4) is 0 Å². The second kappa shape index (κ2) is 9.23. The molecular weight excluding hydrogens is 302 g/mol. The van der Waals surface area contributed by atoms with Crippen LogP contribution in [0.1, 0.15) is 37.8 Å². The topological polar surface area (TPSA) is 61.4 Å². The molecule has 1 aromatic rings. The van der Waals surface area contributed by atoms with E-state index in [9.17, 15) is 9.59 Å². The quantitative estimate of drug-likeness (QED) is 0.567. The van der Waals surface area contributed by atoms with Crippen LogP contribution in [-0.4, -0.2) is 42.4 Å². The van der Waals surface area contributed by atoms with Crippen LogP contribution in [0.3, 0.4) is 0 Å². The maximum atomic E-state index is 12.5. The van der Waals surface area contributed by atoms with Crippen molar-refractivity contribution in [1.82, 2.24) is 15.5 Å². The summed E-state index contributed by atoms with van der Waals surface area (Å²) in [4.78, 5) is 26.6. The molecule has 24 heavy (non-hydrogen) atoms. The molecule has 0 saturated carbocycles. The van der Waals surface area contributed by atoms with Crippen molar-refractivity contribution in [3.63, 3.8) is 0 Å². The van der Waals surface area contributed by atoms with Crippen LogP contribution in [-0.2, 0) is 9.59 Å². The Kier molecular flexibility index (Phi) is 7.00. The van der Waals surface area contributed by atoms with Crippen LogP contribution in [0.5, 0.6) is 0 Å². The number of carbonyl (C=O) groups excluding carboxylic acids is 2. The standard InChI is InChI=1S/C19H27N3O2/c1-3-4-8-12-22-13-11-20-17(19(22)24)14-18(23)21-15(2)16-9-6-5-7-10-16/h3,5-7,9-10,15,17,20H,1,4,8,11-14H2,2H3,(H,21,23). The van der Waals surface area contributed by atoms with Crippen LogP contribution in [0.4, 0.5) is 0 Å². The van der Waals surface area contributed by atoms with Crippen molar-refractivity contribution in [2.75, 3.05) is 19.6 Å². The molecule has 130 valence electrons. The molecule has 2 unspecified atom stereocenters. The van der Waals surface area contributed by atoms with Gasteiger partial charge in [0, 0.05) is 19.6 Å². The fourth-order valence-corrected chi connectivity index (χ4v) is 2.91. The van der Waals surface area contributed by atoms with Crippen molar-refractivity contribution in [1.29, 1.82) is 0 Å². The lowest BCUT2D eigenvalue weighted by molar-refractivity contribution is -0.138. The minimum Gasteiger partial charge on any atom is -0.350 e. The third kappa shape index (κ3) is 5.20. The van der Waals surface area contributed by atoms with E-state index in [1.807, 2.05) is 48.2 Å². The number of benzene rings is 1. The van der Waals surface area contributed by atoms with Gasteiger partial charge < -0.3 is 15.5 Å². The molecule has 0 aliphatic carbocycles. The molecule has 5 nitrogen and oxygen atoms in total.